The quantitative estimate of drug-likeness (QED) is 0.779. The van der Waals surface area contributed by atoms with Crippen LogP contribution in [0.4, 0.5) is 5.82 Å². The van der Waals surface area contributed by atoms with Crippen molar-refractivity contribution in [1.29, 1.82) is 5.26 Å². The summed E-state index contributed by atoms with van der Waals surface area (Å²) < 4.78 is 0. The number of nitrogens with zero attached hydrogens (tertiary/aromatic N) is 4. The van der Waals surface area contributed by atoms with Gasteiger partial charge in [0.25, 0.3) is 0 Å². The topological polar surface area (TPSA) is 60.2 Å². The van der Waals surface area contributed by atoms with Crippen LogP contribution in [0, 0.1) is 23.7 Å². The van der Waals surface area contributed by atoms with Crippen molar-refractivity contribution in [1.82, 2.24) is 9.88 Å². The van der Waals surface area contributed by atoms with Crippen molar-refractivity contribution in [2.24, 2.45) is 5.41 Å². The van der Waals surface area contributed by atoms with Gasteiger partial charge >= 0.3 is 0 Å². The number of likely N-dealkylation sites (tertiary alicyclic amines) is 1. The minimum Gasteiger partial charge on any atom is -0.355 e. The van der Waals surface area contributed by atoms with E-state index in [0.29, 0.717) is 5.92 Å². The Morgan fingerprint density at radius 2 is 2.20 bits per heavy atom. The molecule has 1 spiro atoms. The highest BCUT2D eigenvalue weighted by Crippen LogP contribution is 2.43. The lowest BCUT2D eigenvalue weighted by atomic mass is 9.79. The van der Waals surface area contributed by atoms with E-state index in [1.807, 2.05) is 4.90 Å². The van der Waals surface area contributed by atoms with Gasteiger partial charge in [-0.15, -0.1) is 0 Å². The SMILES string of the molecule is C=CC(=O)N1CC2(CCN(c3nc4c(c(C)c3C#N)C(C)CC4)C2)C1. The highest BCUT2D eigenvalue weighted by Gasteiger charge is 2.49. The van der Waals surface area contributed by atoms with E-state index in [-0.39, 0.29) is 11.3 Å². The molecule has 3 heterocycles. The fourth-order valence-corrected chi connectivity index (χ4v) is 4.89. The minimum absolute atomic E-state index is 0.0160. The first kappa shape index (κ1) is 16.1. The lowest BCUT2D eigenvalue weighted by molar-refractivity contribution is -0.136. The molecule has 2 saturated heterocycles. The molecule has 5 nitrogen and oxygen atoms in total. The molecule has 2 fully saturated rings. The molecular formula is C20H24N4O. The van der Waals surface area contributed by atoms with Crippen molar-refractivity contribution < 1.29 is 4.79 Å². The van der Waals surface area contributed by atoms with Crippen molar-refractivity contribution >= 4 is 11.7 Å². The van der Waals surface area contributed by atoms with E-state index in [1.54, 1.807) is 0 Å². The van der Waals surface area contributed by atoms with Crippen LogP contribution < -0.4 is 4.90 Å². The largest absolute Gasteiger partial charge is 0.355 e. The van der Waals surface area contributed by atoms with Crippen molar-refractivity contribution in [3.63, 3.8) is 0 Å². The van der Waals surface area contributed by atoms with E-state index in [9.17, 15) is 10.1 Å². The van der Waals surface area contributed by atoms with Gasteiger partial charge in [0.2, 0.25) is 5.91 Å². The van der Waals surface area contributed by atoms with E-state index in [1.165, 1.54) is 17.3 Å². The predicted octanol–water partition coefficient (Wildman–Crippen LogP) is 2.54. The van der Waals surface area contributed by atoms with Gasteiger partial charge < -0.3 is 9.80 Å². The Morgan fingerprint density at radius 3 is 2.88 bits per heavy atom. The zero-order valence-corrected chi connectivity index (χ0v) is 15.0. The average Bonchev–Trinajstić information content (AvgIpc) is 3.17. The summed E-state index contributed by atoms with van der Waals surface area (Å²) in [5.41, 5.74) is 4.49. The average molecular weight is 336 g/mol. The Hall–Kier alpha value is -2.35. The number of fused-ring (bicyclic) bond motifs is 1. The molecule has 0 saturated carbocycles. The van der Waals surface area contributed by atoms with Gasteiger partial charge in [0.05, 0.1) is 5.56 Å². The third-order valence-electron chi connectivity index (χ3n) is 6.25. The number of nitriles is 1. The summed E-state index contributed by atoms with van der Waals surface area (Å²) in [5, 5.41) is 9.74. The molecule has 1 aromatic heterocycles. The summed E-state index contributed by atoms with van der Waals surface area (Å²) in [6, 6.07) is 2.41. The third kappa shape index (κ3) is 2.35. The number of hydrogen-bond donors (Lipinski definition) is 0. The van der Waals surface area contributed by atoms with Crippen LogP contribution in [-0.2, 0) is 11.2 Å². The van der Waals surface area contributed by atoms with Crippen LogP contribution in [0.3, 0.4) is 0 Å². The molecule has 130 valence electrons. The molecule has 0 bridgehead atoms. The second-order valence-corrected chi connectivity index (χ2v) is 7.92. The predicted molar refractivity (Wildman–Crippen MR) is 96.5 cm³/mol. The van der Waals surface area contributed by atoms with Gasteiger partial charge in [0.15, 0.2) is 0 Å². The molecular weight excluding hydrogens is 312 g/mol. The molecule has 1 amide bonds. The van der Waals surface area contributed by atoms with Crippen molar-refractivity contribution in [2.45, 2.75) is 39.0 Å². The molecule has 5 heteroatoms. The standard InChI is InChI=1S/C20H24N4O/c1-4-17(25)24-11-20(12-24)7-8-23(10-20)19-15(9-21)14(3)18-13(2)5-6-16(18)22-19/h4,13H,1,5-8,10-12H2,2-3H3. The first-order valence-corrected chi connectivity index (χ1v) is 9.08. The maximum atomic E-state index is 11.7. The second kappa shape index (κ2) is 5.59. The zero-order valence-electron chi connectivity index (χ0n) is 15.0. The number of pyridine rings is 1. The van der Waals surface area contributed by atoms with E-state index in [2.05, 4.69) is 31.4 Å². The number of carbonyl (C=O) groups is 1. The summed E-state index contributed by atoms with van der Waals surface area (Å²) in [6.07, 6.45) is 4.57. The summed E-state index contributed by atoms with van der Waals surface area (Å²) in [5.74, 6) is 1.37. The maximum absolute atomic E-state index is 11.7. The van der Waals surface area contributed by atoms with Gasteiger partial charge in [-0.05, 0) is 49.3 Å². The van der Waals surface area contributed by atoms with Crippen LogP contribution in [0.15, 0.2) is 12.7 Å². The van der Waals surface area contributed by atoms with E-state index < -0.39 is 0 Å². The Bertz CT molecular complexity index is 801. The normalized spacial score (nSPS) is 23.3. The van der Waals surface area contributed by atoms with Crippen LogP contribution in [0.1, 0.15) is 48.1 Å². The van der Waals surface area contributed by atoms with Gasteiger partial charge in [-0.25, -0.2) is 4.98 Å². The van der Waals surface area contributed by atoms with Crippen LogP contribution in [0.2, 0.25) is 0 Å². The number of rotatable bonds is 2. The molecule has 1 atom stereocenters. The third-order valence-corrected chi connectivity index (χ3v) is 6.25. The Balaban J connectivity index is 1.60. The lowest BCUT2D eigenvalue weighted by Gasteiger charge is -2.47. The van der Waals surface area contributed by atoms with Crippen molar-refractivity contribution in [3.8, 4) is 6.07 Å². The molecule has 4 rings (SSSR count). The fraction of sp³-hybridized carbons (Fsp3) is 0.550. The molecule has 1 aromatic rings. The summed E-state index contributed by atoms with van der Waals surface area (Å²) in [4.78, 5) is 20.8. The Labute approximate surface area is 148 Å². The van der Waals surface area contributed by atoms with Gasteiger partial charge in [0.1, 0.15) is 11.9 Å². The van der Waals surface area contributed by atoms with Crippen molar-refractivity contribution in [3.05, 3.63) is 35.0 Å². The summed E-state index contributed by atoms with van der Waals surface area (Å²) in [7, 11) is 0. The monoisotopic (exact) mass is 336 g/mol. The molecule has 2 aliphatic heterocycles. The minimum atomic E-state index is 0.0160. The molecule has 1 unspecified atom stereocenters. The van der Waals surface area contributed by atoms with Crippen LogP contribution in [0.5, 0.6) is 0 Å². The highest BCUT2D eigenvalue weighted by molar-refractivity contribution is 5.87. The van der Waals surface area contributed by atoms with Gasteiger partial charge in [-0.1, -0.05) is 13.5 Å². The van der Waals surface area contributed by atoms with Gasteiger partial charge in [0, 0.05) is 37.3 Å². The summed E-state index contributed by atoms with van der Waals surface area (Å²) >= 11 is 0. The van der Waals surface area contributed by atoms with E-state index in [4.69, 9.17) is 4.98 Å². The molecule has 0 aromatic carbocycles. The Morgan fingerprint density at radius 1 is 1.44 bits per heavy atom. The Kier molecular flexibility index (Phi) is 3.61. The second-order valence-electron chi connectivity index (χ2n) is 7.92. The lowest BCUT2D eigenvalue weighted by Crippen LogP contribution is -2.59. The number of hydrogen-bond acceptors (Lipinski definition) is 4. The van der Waals surface area contributed by atoms with E-state index >= 15 is 0 Å². The molecule has 25 heavy (non-hydrogen) atoms. The van der Waals surface area contributed by atoms with Crippen LogP contribution >= 0.6 is 0 Å². The number of anilines is 1. The number of amides is 1. The zero-order chi connectivity index (χ0) is 17.8. The van der Waals surface area contributed by atoms with Crippen molar-refractivity contribution in [2.75, 3.05) is 31.1 Å². The molecule has 0 N–H and O–H groups in total. The molecule has 1 aliphatic carbocycles. The number of aryl methyl sites for hydroxylation is 1. The first-order chi connectivity index (χ1) is 12.0. The number of aromatic nitrogens is 1. The summed E-state index contributed by atoms with van der Waals surface area (Å²) in [6.45, 7) is 11.2. The van der Waals surface area contributed by atoms with Gasteiger partial charge in [-0.2, -0.15) is 5.26 Å². The first-order valence-electron chi connectivity index (χ1n) is 9.08. The molecule has 3 aliphatic rings. The van der Waals surface area contributed by atoms with Crippen LogP contribution in [0.25, 0.3) is 0 Å². The maximum Gasteiger partial charge on any atom is 0.245 e. The smallest absolute Gasteiger partial charge is 0.245 e. The van der Waals surface area contributed by atoms with Crippen LogP contribution in [-0.4, -0.2) is 42.0 Å². The molecule has 0 radical (unpaired) electrons. The van der Waals surface area contributed by atoms with E-state index in [0.717, 1.165) is 62.4 Å². The number of carbonyl (C=O) groups excluding carboxylic acids is 1. The fourth-order valence-electron chi connectivity index (χ4n) is 4.89. The highest BCUT2D eigenvalue weighted by atomic mass is 16.2. The van der Waals surface area contributed by atoms with Gasteiger partial charge in [-0.3, -0.25) is 4.79 Å².